The van der Waals surface area contributed by atoms with E-state index in [9.17, 15) is 9.59 Å². The molecular formula is C27H22N2O3. The van der Waals surface area contributed by atoms with Gasteiger partial charge in [-0.1, -0.05) is 72.8 Å². The van der Waals surface area contributed by atoms with Crippen LogP contribution in [0.25, 0.3) is 16.8 Å². The first kappa shape index (κ1) is 20.9. The first-order valence-electron chi connectivity index (χ1n) is 10.2. The molecule has 5 nitrogen and oxygen atoms in total. The molecule has 0 unspecified atom stereocenters. The van der Waals surface area contributed by atoms with Crippen molar-refractivity contribution < 1.29 is 14.3 Å². The maximum Gasteiger partial charge on any atom is 0.272 e. The van der Waals surface area contributed by atoms with E-state index in [2.05, 4.69) is 10.6 Å². The van der Waals surface area contributed by atoms with Gasteiger partial charge in [0.1, 0.15) is 11.4 Å². The van der Waals surface area contributed by atoms with Crippen LogP contribution in [0.4, 0.5) is 5.69 Å². The summed E-state index contributed by atoms with van der Waals surface area (Å²) in [4.78, 5) is 26.1. The lowest BCUT2D eigenvalue weighted by Gasteiger charge is -2.13. The van der Waals surface area contributed by atoms with Crippen molar-refractivity contribution in [1.29, 1.82) is 0 Å². The molecule has 0 atom stereocenters. The van der Waals surface area contributed by atoms with Crippen molar-refractivity contribution in [3.63, 3.8) is 0 Å². The van der Waals surface area contributed by atoms with Crippen LogP contribution in [-0.4, -0.2) is 18.9 Å². The van der Waals surface area contributed by atoms with Gasteiger partial charge in [-0.15, -0.1) is 0 Å². The average molecular weight is 422 g/mol. The molecule has 158 valence electrons. The number of hydrogen-bond donors (Lipinski definition) is 2. The molecule has 0 bridgehead atoms. The lowest BCUT2D eigenvalue weighted by atomic mass is 10.1. The molecule has 4 rings (SSSR count). The first-order valence-corrected chi connectivity index (χ1v) is 10.2. The molecule has 0 aliphatic heterocycles. The minimum atomic E-state index is -0.434. The second-order valence-electron chi connectivity index (χ2n) is 7.10. The van der Waals surface area contributed by atoms with Gasteiger partial charge in [-0.05, 0) is 35.7 Å². The monoisotopic (exact) mass is 422 g/mol. The maximum atomic E-state index is 13.3. The predicted molar refractivity (Wildman–Crippen MR) is 127 cm³/mol. The number of rotatable bonds is 6. The summed E-state index contributed by atoms with van der Waals surface area (Å²) < 4.78 is 5.40. The average Bonchev–Trinajstić information content (AvgIpc) is 2.84. The molecule has 0 heterocycles. The molecule has 5 heteroatoms. The van der Waals surface area contributed by atoms with E-state index in [1.165, 1.54) is 0 Å². The Balaban J connectivity index is 1.70. The number of para-hydroxylation sites is 1. The van der Waals surface area contributed by atoms with Crippen molar-refractivity contribution in [3.8, 4) is 5.75 Å². The van der Waals surface area contributed by atoms with Gasteiger partial charge < -0.3 is 15.4 Å². The summed E-state index contributed by atoms with van der Waals surface area (Å²) in [5.74, 6) is -0.215. The number of fused-ring (bicyclic) bond motifs is 1. The Morgan fingerprint density at radius 1 is 0.781 bits per heavy atom. The Morgan fingerprint density at radius 3 is 2.28 bits per heavy atom. The third-order valence-electron chi connectivity index (χ3n) is 5.01. The van der Waals surface area contributed by atoms with E-state index in [0.29, 0.717) is 22.6 Å². The standard InChI is InChI=1S/C27H22N2O3/c1-32-25-17-8-6-13-21(25)18-24(29-26(30)20-11-3-2-4-12-20)27(31)28-23-16-9-14-19-10-5-7-15-22(19)23/h2-18H,1H3,(H,28,31)(H,29,30)/b24-18+. The largest absolute Gasteiger partial charge is 0.496 e. The van der Waals surface area contributed by atoms with E-state index < -0.39 is 5.91 Å². The van der Waals surface area contributed by atoms with Crippen molar-refractivity contribution >= 4 is 34.4 Å². The van der Waals surface area contributed by atoms with Crippen molar-refractivity contribution in [2.45, 2.75) is 0 Å². The van der Waals surface area contributed by atoms with Crippen LogP contribution in [0.1, 0.15) is 15.9 Å². The smallest absolute Gasteiger partial charge is 0.272 e. The SMILES string of the molecule is COc1ccccc1/C=C(/NC(=O)c1ccccc1)C(=O)Nc1cccc2ccccc12. The number of nitrogens with one attached hydrogen (secondary N) is 2. The Hall–Kier alpha value is -4.38. The number of hydrogen-bond acceptors (Lipinski definition) is 3. The van der Waals surface area contributed by atoms with Crippen molar-refractivity contribution in [1.82, 2.24) is 5.32 Å². The molecule has 0 aromatic heterocycles. The van der Waals surface area contributed by atoms with Gasteiger partial charge in [0.2, 0.25) is 0 Å². The normalized spacial score (nSPS) is 11.1. The molecule has 2 N–H and O–H groups in total. The van der Waals surface area contributed by atoms with Gasteiger partial charge in [-0.3, -0.25) is 9.59 Å². The van der Waals surface area contributed by atoms with Gasteiger partial charge in [0.25, 0.3) is 11.8 Å². The minimum absolute atomic E-state index is 0.108. The topological polar surface area (TPSA) is 67.4 Å². The number of amides is 2. The van der Waals surface area contributed by atoms with Crippen LogP contribution in [0.3, 0.4) is 0 Å². The molecule has 0 aliphatic carbocycles. The highest BCUT2D eigenvalue weighted by Crippen LogP contribution is 2.24. The lowest BCUT2D eigenvalue weighted by molar-refractivity contribution is -0.113. The van der Waals surface area contributed by atoms with Gasteiger partial charge in [0, 0.05) is 22.2 Å². The van der Waals surface area contributed by atoms with E-state index in [0.717, 1.165) is 10.8 Å². The second-order valence-corrected chi connectivity index (χ2v) is 7.10. The highest BCUT2D eigenvalue weighted by atomic mass is 16.5. The number of anilines is 1. The molecule has 0 fully saturated rings. The molecule has 2 amide bonds. The number of ether oxygens (including phenoxy) is 1. The van der Waals surface area contributed by atoms with Crippen LogP contribution >= 0.6 is 0 Å². The Labute approximate surface area is 186 Å². The summed E-state index contributed by atoms with van der Waals surface area (Å²) in [6.07, 6.45) is 1.61. The molecule has 32 heavy (non-hydrogen) atoms. The summed E-state index contributed by atoms with van der Waals surface area (Å²) in [6.45, 7) is 0. The van der Waals surface area contributed by atoms with Gasteiger partial charge in [-0.2, -0.15) is 0 Å². The van der Waals surface area contributed by atoms with Crippen LogP contribution in [0.5, 0.6) is 5.75 Å². The van der Waals surface area contributed by atoms with Gasteiger partial charge in [0.05, 0.1) is 7.11 Å². The fraction of sp³-hybridized carbons (Fsp3) is 0.0370. The molecule has 0 saturated carbocycles. The summed E-state index contributed by atoms with van der Waals surface area (Å²) >= 11 is 0. The second kappa shape index (κ2) is 9.62. The van der Waals surface area contributed by atoms with Crippen LogP contribution < -0.4 is 15.4 Å². The Bertz CT molecular complexity index is 1290. The van der Waals surface area contributed by atoms with E-state index >= 15 is 0 Å². The van der Waals surface area contributed by atoms with Crippen molar-refractivity contribution in [3.05, 3.63) is 114 Å². The van der Waals surface area contributed by atoms with Gasteiger partial charge in [-0.25, -0.2) is 0 Å². The highest BCUT2D eigenvalue weighted by Gasteiger charge is 2.16. The fourth-order valence-corrected chi connectivity index (χ4v) is 3.41. The molecule has 0 saturated heterocycles. The number of carbonyl (C=O) groups is 2. The zero-order valence-electron chi connectivity index (χ0n) is 17.5. The quantitative estimate of drug-likeness (QED) is 0.417. The Morgan fingerprint density at radius 2 is 1.47 bits per heavy atom. The van der Waals surface area contributed by atoms with Crippen molar-refractivity contribution in [2.24, 2.45) is 0 Å². The van der Waals surface area contributed by atoms with E-state index in [1.54, 1.807) is 43.5 Å². The van der Waals surface area contributed by atoms with Crippen LogP contribution in [0.15, 0.2) is 103 Å². The molecule has 4 aromatic carbocycles. The zero-order chi connectivity index (χ0) is 22.3. The molecule has 0 spiro atoms. The highest BCUT2D eigenvalue weighted by molar-refractivity contribution is 6.13. The summed E-state index contributed by atoms with van der Waals surface area (Å²) in [6, 6.07) is 29.5. The van der Waals surface area contributed by atoms with E-state index in [1.807, 2.05) is 66.7 Å². The third kappa shape index (κ3) is 4.68. The Kier molecular flexibility index (Phi) is 6.28. The van der Waals surface area contributed by atoms with Gasteiger partial charge >= 0.3 is 0 Å². The number of benzene rings is 4. The summed E-state index contributed by atoms with van der Waals surface area (Å²) in [5, 5.41) is 7.61. The lowest BCUT2D eigenvalue weighted by Crippen LogP contribution is -2.30. The molecule has 0 aliphatic rings. The third-order valence-corrected chi connectivity index (χ3v) is 5.01. The minimum Gasteiger partial charge on any atom is -0.496 e. The van der Waals surface area contributed by atoms with E-state index in [-0.39, 0.29) is 11.6 Å². The number of carbonyl (C=O) groups excluding carboxylic acids is 2. The maximum absolute atomic E-state index is 13.3. The van der Waals surface area contributed by atoms with Crippen LogP contribution in [-0.2, 0) is 4.79 Å². The fourth-order valence-electron chi connectivity index (χ4n) is 3.41. The predicted octanol–water partition coefficient (Wildman–Crippen LogP) is 5.26. The van der Waals surface area contributed by atoms with Crippen molar-refractivity contribution in [2.75, 3.05) is 12.4 Å². The number of methoxy groups -OCH3 is 1. The molecule has 4 aromatic rings. The molecule has 0 radical (unpaired) electrons. The summed E-state index contributed by atoms with van der Waals surface area (Å²) in [5.41, 5.74) is 1.90. The van der Waals surface area contributed by atoms with Crippen LogP contribution in [0.2, 0.25) is 0 Å². The van der Waals surface area contributed by atoms with Gasteiger partial charge in [0.15, 0.2) is 0 Å². The first-order chi connectivity index (χ1) is 15.7. The zero-order valence-corrected chi connectivity index (χ0v) is 17.5. The summed E-state index contributed by atoms with van der Waals surface area (Å²) in [7, 11) is 1.56. The van der Waals surface area contributed by atoms with Crippen LogP contribution in [0, 0.1) is 0 Å². The van der Waals surface area contributed by atoms with E-state index in [4.69, 9.17) is 4.74 Å². The molecular weight excluding hydrogens is 400 g/mol.